The molecular formula is C27H30N4O5. The molecule has 1 unspecified atom stereocenters. The van der Waals surface area contributed by atoms with Crippen LogP contribution in [0, 0.1) is 11.3 Å². The molecule has 1 amide bonds. The van der Waals surface area contributed by atoms with Gasteiger partial charge in [-0.1, -0.05) is 18.2 Å². The molecule has 2 aromatic carbocycles. The van der Waals surface area contributed by atoms with E-state index in [9.17, 15) is 15.2 Å². The summed E-state index contributed by atoms with van der Waals surface area (Å²) in [6, 6.07) is 17.6. The Morgan fingerprint density at radius 3 is 2.69 bits per heavy atom. The lowest BCUT2D eigenvalue weighted by molar-refractivity contribution is -0.117. The van der Waals surface area contributed by atoms with Gasteiger partial charge < -0.3 is 30.0 Å². The third-order valence-electron chi connectivity index (χ3n) is 5.97. The topological polar surface area (TPSA) is 131 Å². The van der Waals surface area contributed by atoms with Crippen molar-refractivity contribution < 1.29 is 24.2 Å². The summed E-state index contributed by atoms with van der Waals surface area (Å²) in [5.41, 5.74) is 1.79. The number of carbonyl (C=O) groups is 1. The van der Waals surface area contributed by atoms with Crippen LogP contribution in [0.2, 0.25) is 0 Å². The molecule has 9 nitrogen and oxygen atoms in total. The number of nitriles is 1. The first kappa shape index (κ1) is 25.4. The van der Waals surface area contributed by atoms with Gasteiger partial charge in [0.25, 0.3) is 5.91 Å². The number of aliphatic hydroxyl groups is 2. The van der Waals surface area contributed by atoms with Crippen LogP contribution in [0.5, 0.6) is 0 Å². The first-order valence-electron chi connectivity index (χ1n) is 11.9. The molecule has 0 aliphatic carbocycles. The van der Waals surface area contributed by atoms with E-state index in [4.69, 9.17) is 14.3 Å². The number of aliphatic hydroxyl groups excluding tert-OH is 2. The van der Waals surface area contributed by atoms with E-state index in [-0.39, 0.29) is 12.1 Å². The first-order chi connectivity index (χ1) is 17.6. The first-order valence-corrected chi connectivity index (χ1v) is 11.9. The fourth-order valence-corrected chi connectivity index (χ4v) is 3.94. The van der Waals surface area contributed by atoms with Crippen molar-refractivity contribution in [2.24, 2.45) is 0 Å². The summed E-state index contributed by atoms with van der Waals surface area (Å²) in [5.74, 6) is 0.326. The number of hydrogen-bond donors (Lipinski definition) is 4. The van der Waals surface area contributed by atoms with Crippen molar-refractivity contribution in [2.45, 2.75) is 6.10 Å². The number of nitrogens with zero attached hydrogens (tertiary/aromatic N) is 2. The van der Waals surface area contributed by atoms with Gasteiger partial charge >= 0.3 is 0 Å². The Labute approximate surface area is 209 Å². The Morgan fingerprint density at radius 2 is 1.92 bits per heavy atom. The van der Waals surface area contributed by atoms with Gasteiger partial charge in [0.15, 0.2) is 0 Å². The van der Waals surface area contributed by atoms with Crippen LogP contribution in [0.25, 0.3) is 28.2 Å². The van der Waals surface area contributed by atoms with E-state index in [0.29, 0.717) is 11.5 Å². The highest BCUT2D eigenvalue weighted by Gasteiger charge is 2.13. The molecule has 1 aliphatic heterocycles. The molecule has 0 saturated carbocycles. The van der Waals surface area contributed by atoms with Gasteiger partial charge in [-0.2, -0.15) is 5.26 Å². The number of amides is 1. The Morgan fingerprint density at radius 1 is 1.14 bits per heavy atom. The largest absolute Gasteiger partial charge is 0.457 e. The zero-order valence-electron chi connectivity index (χ0n) is 19.9. The van der Waals surface area contributed by atoms with Gasteiger partial charge in [-0.15, -0.1) is 0 Å². The molecule has 36 heavy (non-hydrogen) atoms. The van der Waals surface area contributed by atoms with Crippen molar-refractivity contribution in [3.63, 3.8) is 0 Å². The summed E-state index contributed by atoms with van der Waals surface area (Å²) in [4.78, 5) is 14.5. The second-order valence-corrected chi connectivity index (χ2v) is 8.58. The van der Waals surface area contributed by atoms with Gasteiger partial charge in [0, 0.05) is 50.1 Å². The minimum atomic E-state index is -1.08. The number of rotatable bonds is 10. The van der Waals surface area contributed by atoms with Gasteiger partial charge in [0.1, 0.15) is 23.2 Å². The quantitative estimate of drug-likeness (QED) is 0.251. The monoisotopic (exact) mass is 490 g/mol. The van der Waals surface area contributed by atoms with Crippen LogP contribution < -0.4 is 10.6 Å². The number of morpholine rings is 1. The van der Waals surface area contributed by atoms with Crippen LogP contribution in [0.4, 0.5) is 5.69 Å². The van der Waals surface area contributed by atoms with E-state index in [1.54, 1.807) is 12.1 Å². The van der Waals surface area contributed by atoms with Crippen molar-refractivity contribution in [2.75, 3.05) is 57.9 Å². The van der Waals surface area contributed by atoms with E-state index >= 15 is 0 Å². The predicted octanol–water partition coefficient (Wildman–Crippen LogP) is 2.22. The highest BCUT2D eigenvalue weighted by molar-refractivity contribution is 6.01. The van der Waals surface area contributed by atoms with Crippen molar-refractivity contribution in [1.29, 1.82) is 5.26 Å². The molecule has 3 aromatic rings. The number of hydrogen-bond acceptors (Lipinski definition) is 8. The second kappa shape index (κ2) is 12.3. The summed E-state index contributed by atoms with van der Waals surface area (Å²) in [6.45, 7) is 4.78. The Bertz CT molecular complexity index is 1260. The van der Waals surface area contributed by atoms with E-state index < -0.39 is 18.6 Å². The molecular weight excluding hydrogens is 460 g/mol. The summed E-state index contributed by atoms with van der Waals surface area (Å²) in [5, 5.41) is 35.6. The highest BCUT2D eigenvalue weighted by Crippen LogP contribution is 2.28. The van der Waals surface area contributed by atoms with Gasteiger partial charge in [-0.3, -0.25) is 9.69 Å². The number of furan rings is 1. The maximum absolute atomic E-state index is 12.1. The van der Waals surface area contributed by atoms with Crippen molar-refractivity contribution in [3.8, 4) is 17.4 Å². The smallest absolute Gasteiger partial charge is 0.262 e. The Kier molecular flexibility index (Phi) is 8.71. The summed E-state index contributed by atoms with van der Waals surface area (Å²) < 4.78 is 11.3. The molecule has 0 spiro atoms. The lowest BCUT2D eigenvalue weighted by Gasteiger charge is -2.26. The number of ether oxygens (including phenoxy) is 1. The standard InChI is InChI=1S/C27H30N4O5/c28-16-22(27(34)30-17-24(33)18-32)15-25-5-6-26(36-25)21-2-1-20-14-23(4-3-19(20)13-21)29-7-8-31-9-11-35-12-10-31/h1-6,13-15,24,29,32-33H,7-12,17-18H2,(H,30,34)/b22-15+. The fraction of sp³-hybridized carbons (Fsp3) is 0.333. The molecule has 1 fully saturated rings. The number of anilines is 1. The minimum absolute atomic E-state index is 0.153. The third kappa shape index (κ3) is 6.71. The molecule has 1 saturated heterocycles. The zero-order chi connectivity index (χ0) is 25.3. The summed E-state index contributed by atoms with van der Waals surface area (Å²) in [7, 11) is 0. The van der Waals surface area contributed by atoms with Crippen molar-refractivity contribution >= 4 is 28.4 Å². The molecule has 188 valence electrons. The maximum atomic E-state index is 12.1. The normalized spacial score (nSPS) is 15.4. The predicted molar refractivity (Wildman–Crippen MR) is 137 cm³/mol. The van der Waals surface area contributed by atoms with Crippen LogP contribution >= 0.6 is 0 Å². The lowest BCUT2D eigenvalue weighted by atomic mass is 10.0. The van der Waals surface area contributed by atoms with Gasteiger partial charge in [-0.05, 0) is 41.1 Å². The molecule has 1 aliphatic rings. The van der Waals surface area contributed by atoms with Gasteiger partial charge in [0.2, 0.25) is 0 Å². The van der Waals surface area contributed by atoms with Gasteiger partial charge in [-0.25, -0.2) is 0 Å². The number of benzene rings is 2. The van der Waals surface area contributed by atoms with E-state index in [1.807, 2.05) is 24.3 Å². The van der Waals surface area contributed by atoms with Crippen molar-refractivity contribution in [3.05, 3.63) is 59.9 Å². The molecule has 0 radical (unpaired) electrons. The Balaban J connectivity index is 1.40. The number of carbonyl (C=O) groups excluding carboxylic acids is 1. The highest BCUT2D eigenvalue weighted by atomic mass is 16.5. The van der Waals surface area contributed by atoms with E-state index in [1.165, 1.54) is 6.08 Å². The summed E-state index contributed by atoms with van der Waals surface area (Å²) >= 11 is 0. The fourth-order valence-electron chi connectivity index (χ4n) is 3.94. The molecule has 1 atom stereocenters. The van der Waals surface area contributed by atoms with Crippen LogP contribution in [0.3, 0.4) is 0 Å². The molecule has 4 rings (SSSR count). The lowest BCUT2D eigenvalue weighted by Crippen LogP contribution is -2.38. The average molecular weight is 491 g/mol. The maximum Gasteiger partial charge on any atom is 0.262 e. The van der Waals surface area contributed by atoms with Crippen molar-refractivity contribution in [1.82, 2.24) is 10.2 Å². The molecule has 9 heteroatoms. The van der Waals surface area contributed by atoms with Crippen LogP contribution in [-0.2, 0) is 9.53 Å². The molecule has 4 N–H and O–H groups in total. The SMILES string of the molecule is N#C/C(=C\c1ccc(-c2ccc3cc(NCCN4CCOCC4)ccc3c2)o1)C(=O)NCC(O)CO. The summed E-state index contributed by atoms with van der Waals surface area (Å²) in [6.07, 6.45) is 0.263. The van der Waals surface area contributed by atoms with Gasteiger partial charge in [0.05, 0.1) is 25.9 Å². The van der Waals surface area contributed by atoms with E-state index in [2.05, 4.69) is 33.7 Å². The molecule has 2 heterocycles. The second-order valence-electron chi connectivity index (χ2n) is 8.58. The van der Waals surface area contributed by atoms with E-state index in [0.717, 1.165) is 61.4 Å². The zero-order valence-corrected chi connectivity index (χ0v) is 19.9. The number of nitrogens with one attached hydrogen (secondary N) is 2. The molecule has 1 aromatic heterocycles. The van der Waals surface area contributed by atoms with Crippen LogP contribution in [-0.4, -0.2) is 79.7 Å². The molecule has 0 bridgehead atoms. The average Bonchev–Trinajstić information content (AvgIpc) is 3.39. The van der Waals surface area contributed by atoms with Crippen LogP contribution in [0.15, 0.2) is 58.5 Å². The van der Waals surface area contributed by atoms with Crippen LogP contribution in [0.1, 0.15) is 5.76 Å². The number of fused-ring (bicyclic) bond motifs is 1. The minimum Gasteiger partial charge on any atom is -0.457 e. The Hall–Kier alpha value is -3.68. The third-order valence-corrected chi connectivity index (χ3v) is 5.97.